The van der Waals surface area contributed by atoms with Crippen LogP contribution in [0.15, 0.2) is 36.5 Å². The average molecular weight is 447 g/mol. The fourth-order valence-corrected chi connectivity index (χ4v) is 4.15. The maximum absolute atomic E-state index is 13.0. The zero-order valence-electron chi connectivity index (χ0n) is 17.6. The van der Waals surface area contributed by atoms with Gasteiger partial charge < -0.3 is 10.1 Å². The van der Waals surface area contributed by atoms with Gasteiger partial charge in [0.25, 0.3) is 11.6 Å². The molecular weight excluding hydrogens is 423 g/mol. The predicted octanol–water partition coefficient (Wildman–Crippen LogP) is 3.78. The Hall–Kier alpha value is -3.17. The summed E-state index contributed by atoms with van der Waals surface area (Å²) in [5, 5.41) is 6.64. The van der Waals surface area contributed by atoms with E-state index < -0.39 is 12.0 Å². The number of alkyl halides is 3. The van der Waals surface area contributed by atoms with Crippen molar-refractivity contribution in [2.45, 2.75) is 44.2 Å². The highest BCUT2D eigenvalue weighted by Gasteiger charge is 2.37. The van der Waals surface area contributed by atoms with Crippen molar-refractivity contribution in [1.29, 1.82) is 0 Å². The second kappa shape index (κ2) is 9.13. The number of aromatic nitrogens is 4. The lowest BCUT2D eigenvalue weighted by molar-refractivity contribution is -0.144. The van der Waals surface area contributed by atoms with Gasteiger partial charge in [0.1, 0.15) is 5.75 Å². The zero-order valence-corrected chi connectivity index (χ0v) is 17.6. The largest absolute Gasteiger partial charge is 0.497 e. The lowest BCUT2D eigenvalue weighted by Gasteiger charge is -2.28. The number of methoxy groups -OCH3 is 1. The van der Waals surface area contributed by atoms with Crippen LogP contribution < -0.4 is 10.1 Å². The quantitative estimate of drug-likeness (QED) is 0.622. The van der Waals surface area contributed by atoms with Crippen LogP contribution in [0.5, 0.6) is 5.75 Å². The summed E-state index contributed by atoms with van der Waals surface area (Å²) < 4.78 is 45.2. The Morgan fingerprint density at radius 1 is 1.16 bits per heavy atom. The number of nitrogens with zero attached hydrogens (tertiary/aromatic N) is 4. The van der Waals surface area contributed by atoms with Gasteiger partial charge in [-0.1, -0.05) is 12.1 Å². The number of rotatable bonds is 6. The van der Waals surface area contributed by atoms with Gasteiger partial charge in [-0.05, 0) is 55.4 Å². The van der Waals surface area contributed by atoms with Crippen LogP contribution >= 0.6 is 0 Å². The minimum absolute atomic E-state index is 0.0320. The van der Waals surface area contributed by atoms with Crippen molar-refractivity contribution >= 4 is 11.7 Å². The van der Waals surface area contributed by atoms with Crippen LogP contribution in [-0.4, -0.2) is 39.1 Å². The van der Waals surface area contributed by atoms with Crippen LogP contribution in [0.2, 0.25) is 0 Å². The standard InChI is InChI=1S/C22H24F3N5O2/c1-32-17-8-4-14(5-9-17)12-19(31)27-13-15-2-6-16(7-3-15)18-10-11-26-21-28-20(22(23,24)25)29-30(18)21/h4-5,8-11,15-16H,2-3,6-7,12-13H2,1H3,(H,27,31). The molecule has 2 aromatic heterocycles. The van der Waals surface area contributed by atoms with Crippen LogP contribution in [0.4, 0.5) is 13.2 Å². The maximum atomic E-state index is 13.0. The van der Waals surface area contributed by atoms with E-state index in [1.54, 1.807) is 13.2 Å². The number of fused-ring (bicyclic) bond motifs is 1. The minimum atomic E-state index is -4.60. The van der Waals surface area contributed by atoms with Crippen LogP contribution in [-0.2, 0) is 17.4 Å². The topological polar surface area (TPSA) is 81.4 Å². The van der Waals surface area contributed by atoms with Gasteiger partial charge in [0.15, 0.2) is 0 Å². The molecule has 32 heavy (non-hydrogen) atoms. The van der Waals surface area contributed by atoms with E-state index in [9.17, 15) is 18.0 Å². The Morgan fingerprint density at radius 3 is 2.53 bits per heavy atom. The number of ether oxygens (including phenoxy) is 1. The monoisotopic (exact) mass is 447 g/mol. The molecule has 0 unspecified atom stereocenters. The zero-order chi connectivity index (χ0) is 22.7. The molecule has 0 atom stereocenters. The summed E-state index contributed by atoms with van der Waals surface area (Å²) in [6.45, 7) is 0.592. The molecule has 1 fully saturated rings. The summed E-state index contributed by atoms with van der Waals surface area (Å²) in [7, 11) is 1.60. The van der Waals surface area contributed by atoms with Crippen molar-refractivity contribution in [2.75, 3.05) is 13.7 Å². The van der Waals surface area contributed by atoms with E-state index in [1.807, 2.05) is 24.3 Å². The fourth-order valence-electron chi connectivity index (χ4n) is 4.15. The predicted molar refractivity (Wildman–Crippen MR) is 110 cm³/mol. The van der Waals surface area contributed by atoms with Crippen molar-refractivity contribution in [3.05, 3.63) is 53.6 Å². The first-order chi connectivity index (χ1) is 15.3. The van der Waals surface area contributed by atoms with Crippen LogP contribution in [0.1, 0.15) is 48.7 Å². The molecule has 1 amide bonds. The van der Waals surface area contributed by atoms with Crippen LogP contribution in [0, 0.1) is 5.92 Å². The molecule has 2 heterocycles. The number of hydrogen-bond donors (Lipinski definition) is 1. The molecule has 0 aliphatic heterocycles. The summed E-state index contributed by atoms with van der Waals surface area (Å²) >= 11 is 0. The molecule has 1 aliphatic rings. The number of carbonyl (C=O) groups excluding carboxylic acids is 1. The smallest absolute Gasteiger partial charge is 0.453 e. The first kappa shape index (κ1) is 22.0. The molecule has 0 bridgehead atoms. The number of nitrogens with one attached hydrogen (secondary N) is 1. The molecule has 1 saturated carbocycles. The molecule has 170 valence electrons. The lowest BCUT2D eigenvalue weighted by Crippen LogP contribution is -2.32. The molecule has 7 nitrogen and oxygen atoms in total. The average Bonchev–Trinajstić information content (AvgIpc) is 3.24. The van der Waals surface area contributed by atoms with Gasteiger partial charge in [-0.2, -0.15) is 18.2 Å². The van der Waals surface area contributed by atoms with E-state index >= 15 is 0 Å². The Balaban J connectivity index is 1.30. The Kier molecular flexibility index (Phi) is 6.29. The first-order valence-corrected chi connectivity index (χ1v) is 10.5. The SMILES string of the molecule is COc1ccc(CC(=O)NCC2CCC(c3ccnc4nc(C(F)(F)F)nn34)CC2)cc1. The summed E-state index contributed by atoms with van der Waals surface area (Å²) in [5.74, 6) is -0.0822. The third-order valence-corrected chi connectivity index (χ3v) is 5.90. The number of hydrogen-bond acceptors (Lipinski definition) is 5. The van der Waals surface area contributed by atoms with E-state index in [2.05, 4.69) is 20.4 Å². The summed E-state index contributed by atoms with van der Waals surface area (Å²) in [4.78, 5) is 19.7. The van der Waals surface area contributed by atoms with Crippen molar-refractivity contribution < 1.29 is 22.7 Å². The van der Waals surface area contributed by atoms with E-state index in [4.69, 9.17) is 4.74 Å². The summed E-state index contributed by atoms with van der Waals surface area (Å²) in [6, 6.07) is 9.10. The van der Waals surface area contributed by atoms with Gasteiger partial charge in [-0.15, -0.1) is 5.10 Å². The van der Waals surface area contributed by atoms with E-state index in [0.717, 1.165) is 37.0 Å². The van der Waals surface area contributed by atoms with Gasteiger partial charge in [0.05, 0.1) is 19.2 Å². The van der Waals surface area contributed by atoms with Gasteiger partial charge >= 0.3 is 6.18 Å². The molecule has 4 rings (SSSR count). The highest BCUT2D eigenvalue weighted by Crippen LogP contribution is 2.36. The molecule has 1 N–H and O–H groups in total. The molecule has 10 heteroatoms. The Bertz CT molecular complexity index is 1070. The van der Waals surface area contributed by atoms with E-state index in [1.165, 1.54) is 10.7 Å². The first-order valence-electron chi connectivity index (χ1n) is 10.5. The third kappa shape index (κ3) is 5.00. The number of amides is 1. The molecule has 1 aliphatic carbocycles. The molecule has 0 radical (unpaired) electrons. The summed E-state index contributed by atoms with van der Waals surface area (Å²) in [5.41, 5.74) is 1.61. The molecule has 0 spiro atoms. The van der Waals surface area contributed by atoms with Crippen molar-refractivity contribution in [3.8, 4) is 5.75 Å². The molecule has 1 aromatic carbocycles. The second-order valence-corrected chi connectivity index (χ2v) is 8.06. The number of carbonyl (C=O) groups is 1. The van der Waals surface area contributed by atoms with Crippen molar-refractivity contribution in [2.24, 2.45) is 5.92 Å². The highest BCUT2D eigenvalue weighted by atomic mass is 19.4. The van der Waals surface area contributed by atoms with Crippen LogP contribution in [0.25, 0.3) is 5.78 Å². The minimum Gasteiger partial charge on any atom is -0.497 e. The normalized spacial score (nSPS) is 19.1. The van der Waals surface area contributed by atoms with Gasteiger partial charge in [-0.25, -0.2) is 9.50 Å². The van der Waals surface area contributed by atoms with Gasteiger partial charge in [0.2, 0.25) is 5.91 Å². The van der Waals surface area contributed by atoms with Crippen LogP contribution in [0.3, 0.4) is 0 Å². The van der Waals surface area contributed by atoms with E-state index in [0.29, 0.717) is 24.6 Å². The third-order valence-electron chi connectivity index (χ3n) is 5.90. The molecule has 0 saturated heterocycles. The van der Waals surface area contributed by atoms with E-state index in [-0.39, 0.29) is 17.6 Å². The number of halogens is 3. The molecule has 3 aromatic rings. The number of benzene rings is 1. The van der Waals surface area contributed by atoms with Crippen molar-refractivity contribution in [3.63, 3.8) is 0 Å². The second-order valence-electron chi connectivity index (χ2n) is 8.06. The summed E-state index contributed by atoms with van der Waals surface area (Å²) in [6.07, 6.45) is 0.536. The highest BCUT2D eigenvalue weighted by molar-refractivity contribution is 5.78. The van der Waals surface area contributed by atoms with Crippen molar-refractivity contribution in [1.82, 2.24) is 24.9 Å². The maximum Gasteiger partial charge on any atom is 0.453 e. The Labute approximate surface area is 183 Å². The van der Waals surface area contributed by atoms with Gasteiger partial charge in [-0.3, -0.25) is 4.79 Å². The fraction of sp³-hybridized carbons (Fsp3) is 0.455. The Morgan fingerprint density at radius 2 is 1.88 bits per heavy atom. The van der Waals surface area contributed by atoms with Gasteiger partial charge in [0, 0.05) is 18.7 Å². The molecular formula is C22H24F3N5O2. The lowest BCUT2D eigenvalue weighted by atomic mass is 9.80.